The quantitative estimate of drug-likeness (QED) is 0.843. The van der Waals surface area contributed by atoms with E-state index in [9.17, 15) is 4.79 Å². The molecule has 4 heteroatoms. The molecule has 1 amide bonds. The van der Waals surface area contributed by atoms with Gasteiger partial charge in [0.1, 0.15) is 0 Å². The topological polar surface area (TPSA) is 68.0 Å². The van der Waals surface area contributed by atoms with Gasteiger partial charge in [-0.05, 0) is 32.8 Å². The average molecular weight is 247 g/mol. The number of hydrogen-bond donors (Lipinski definition) is 2. The Bertz CT molecular complexity index is 450. The number of rotatable bonds is 2. The van der Waals surface area contributed by atoms with E-state index in [1.807, 2.05) is 6.92 Å². The summed E-state index contributed by atoms with van der Waals surface area (Å²) in [4.78, 5) is 16.4. The summed E-state index contributed by atoms with van der Waals surface area (Å²) >= 11 is 0. The molecule has 1 saturated carbocycles. The van der Waals surface area contributed by atoms with E-state index in [2.05, 4.69) is 17.2 Å². The van der Waals surface area contributed by atoms with Crippen molar-refractivity contribution in [3.63, 3.8) is 0 Å². The fraction of sp³-hybridized carbons (Fsp3) is 0.571. The number of amides is 1. The Morgan fingerprint density at radius 1 is 1.39 bits per heavy atom. The third kappa shape index (κ3) is 2.81. The van der Waals surface area contributed by atoms with Crippen LogP contribution in [-0.2, 0) is 0 Å². The molecule has 1 heterocycles. The van der Waals surface area contributed by atoms with Crippen LogP contribution in [0.2, 0.25) is 0 Å². The minimum absolute atomic E-state index is 0.0586. The van der Waals surface area contributed by atoms with E-state index >= 15 is 0 Å². The number of carbonyl (C=O) groups excluding carboxylic acids is 1. The van der Waals surface area contributed by atoms with Crippen molar-refractivity contribution in [2.45, 2.75) is 51.5 Å². The normalized spacial score (nSPS) is 18.3. The second-order valence-electron chi connectivity index (χ2n) is 5.48. The molecule has 1 aromatic heterocycles. The van der Waals surface area contributed by atoms with Crippen molar-refractivity contribution in [2.75, 3.05) is 5.73 Å². The lowest BCUT2D eigenvalue weighted by atomic mass is 9.83. The monoisotopic (exact) mass is 247 g/mol. The van der Waals surface area contributed by atoms with Crippen LogP contribution in [0, 0.1) is 6.92 Å². The predicted octanol–water partition coefficient (Wildman–Crippen LogP) is 2.42. The highest BCUT2D eigenvalue weighted by molar-refractivity contribution is 5.96. The Morgan fingerprint density at radius 3 is 2.72 bits per heavy atom. The maximum atomic E-state index is 12.3. The number of hydrogen-bond acceptors (Lipinski definition) is 3. The molecule has 1 aromatic rings. The van der Waals surface area contributed by atoms with Crippen LogP contribution in [0.25, 0.3) is 0 Å². The summed E-state index contributed by atoms with van der Waals surface area (Å²) in [6, 6.07) is 1.70. The van der Waals surface area contributed by atoms with Crippen LogP contribution in [0.15, 0.2) is 12.3 Å². The first-order valence-electron chi connectivity index (χ1n) is 6.55. The van der Waals surface area contributed by atoms with Gasteiger partial charge >= 0.3 is 0 Å². The summed E-state index contributed by atoms with van der Waals surface area (Å²) in [5.41, 5.74) is 7.45. The van der Waals surface area contributed by atoms with Gasteiger partial charge in [0, 0.05) is 5.54 Å². The molecule has 0 bridgehead atoms. The number of nitrogen functional groups attached to an aromatic ring is 1. The highest BCUT2D eigenvalue weighted by Crippen LogP contribution is 2.28. The zero-order chi connectivity index (χ0) is 13.2. The molecule has 1 aliphatic rings. The predicted molar refractivity (Wildman–Crippen MR) is 72.3 cm³/mol. The van der Waals surface area contributed by atoms with Crippen LogP contribution in [0.1, 0.15) is 55.1 Å². The Hall–Kier alpha value is -1.58. The van der Waals surface area contributed by atoms with Crippen molar-refractivity contribution in [2.24, 2.45) is 0 Å². The first-order chi connectivity index (χ1) is 8.50. The maximum Gasteiger partial charge on any atom is 0.253 e. The Kier molecular flexibility index (Phi) is 3.55. The lowest BCUT2D eigenvalue weighted by Crippen LogP contribution is -2.47. The fourth-order valence-electron chi connectivity index (χ4n) is 2.58. The smallest absolute Gasteiger partial charge is 0.253 e. The SMILES string of the molecule is Cc1ncc(N)cc1C(=O)NC1(C)CCCCC1. The van der Waals surface area contributed by atoms with Gasteiger partial charge in [-0.15, -0.1) is 0 Å². The number of anilines is 1. The van der Waals surface area contributed by atoms with Crippen molar-refractivity contribution < 1.29 is 4.79 Å². The van der Waals surface area contributed by atoms with E-state index in [0.29, 0.717) is 11.3 Å². The first-order valence-corrected chi connectivity index (χ1v) is 6.55. The van der Waals surface area contributed by atoms with Crippen molar-refractivity contribution in [3.05, 3.63) is 23.5 Å². The molecule has 0 unspecified atom stereocenters. The Labute approximate surface area is 108 Å². The molecule has 4 nitrogen and oxygen atoms in total. The highest BCUT2D eigenvalue weighted by atomic mass is 16.1. The third-order valence-corrected chi connectivity index (χ3v) is 3.73. The van der Waals surface area contributed by atoms with Crippen LogP contribution in [0.4, 0.5) is 5.69 Å². The van der Waals surface area contributed by atoms with Gasteiger partial charge in [-0.25, -0.2) is 0 Å². The van der Waals surface area contributed by atoms with Crippen LogP contribution >= 0.6 is 0 Å². The fourth-order valence-corrected chi connectivity index (χ4v) is 2.58. The summed E-state index contributed by atoms with van der Waals surface area (Å²) in [6.45, 7) is 3.96. The summed E-state index contributed by atoms with van der Waals surface area (Å²) < 4.78 is 0. The molecule has 98 valence electrons. The van der Waals surface area contributed by atoms with Gasteiger partial charge in [0.25, 0.3) is 5.91 Å². The van der Waals surface area contributed by atoms with E-state index in [1.54, 1.807) is 12.3 Å². The second kappa shape index (κ2) is 4.96. The molecular formula is C14H21N3O. The van der Waals surface area contributed by atoms with Crippen LogP contribution in [0.5, 0.6) is 0 Å². The molecule has 2 rings (SSSR count). The molecule has 3 N–H and O–H groups in total. The first kappa shape index (κ1) is 12.9. The highest BCUT2D eigenvalue weighted by Gasteiger charge is 2.29. The van der Waals surface area contributed by atoms with E-state index < -0.39 is 0 Å². The Morgan fingerprint density at radius 2 is 2.06 bits per heavy atom. The molecule has 0 saturated heterocycles. The number of pyridine rings is 1. The summed E-state index contributed by atoms with van der Waals surface area (Å²) in [5, 5.41) is 3.15. The van der Waals surface area contributed by atoms with Crippen molar-refractivity contribution in [1.82, 2.24) is 10.3 Å². The lowest BCUT2D eigenvalue weighted by molar-refractivity contribution is 0.0881. The largest absolute Gasteiger partial charge is 0.397 e. The summed E-state index contributed by atoms with van der Waals surface area (Å²) in [6.07, 6.45) is 7.32. The minimum atomic E-state index is -0.0770. The van der Waals surface area contributed by atoms with E-state index in [-0.39, 0.29) is 11.4 Å². The molecule has 0 aliphatic heterocycles. The molecule has 1 fully saturated rings. The van der Waals surface area contributed by atoms with Crippen LogP contribution in [0.3, 0.4) is 0 Å². The molecule has 0 radical (unpaired) electrons. The molecule has 0 aromatic carbocycles. The zero-order valence-corrected chi connectivity index (χ0v) is 11.1. The molecule has 1 aliphatic carbocycles. The standard InChI is InChI=1S/C14H21N3O/c1-10-12(8-11(15)9-16-10)13(18)17-14(2)6-4-3-5-7-14/h8-9H,3-7,15H2,1-2H3,(H,17,18). The number of nitrogens with two attached hydrogens (primary N) is 1. The van der Waals surface area contributed by atoms with Gasteiger partial charge in [0.2, 0.25) is 0 Å². The van der Waals surface area contributed by atoms with Gasteiger partial charge in [-0.1, -0.05) is 19.3 Å². The summed E-state index contributed by atoms with van der Waals surface area (Å²) in [7, 11) is 0. The maximum absolute atomic E-state index is 12.3. The Balaban J connectivity index is 2.14. The van der Waals surface area contributed by atoms with Crippen molar-refractivity contribution in [3.8, 4) is 0 Å². The number of carbonyl (C=O) groups is 1. The van der Waals surface area contributed by atoms with E-state index in [1.165, 1.54) is 19.3 Å². The minimum Gasteiger partial charge on any atom is -0.397 e. The number of nitrogens with zero attached hydrogens (tertiary/aromatic N) is 1. The number of aromatic nitrogens is 1. The van der Waals surface area contributed by atoms with Crippen molar-refractivity contribution in [1.29, 1.82) is 0 Å². The summed E-state index contributed by atoms with van der Waals surface area (Å²) in [5.74, 6) is -0.0586. The molecule has 0 spiro atoms. The molecule has 18 heavy (non-hydrogen) atoms. The van der Waals surface area contributed by atoms with Crippen LogP contribution < -0.4 is 11.1 Å². The lowest BCUT2D eigenvalue weighted by Gasteiger charge is -2.34. The zero-order valence-electron chi connectivity index (χ0n) is 11.1. The van der Waals surface area contributed by atoms with Gasteiger partial charge < -0.3 is 11.1 Å². The number of aryl methyl sites for hydroxylation is 1. The van der Waals surface area contributed by atoms with Gasteiger partial charge in [-0.2, -0.15) is 0 Å². The van der Waals surface area contributed by atoms with Crippen molar-refractivity contribution >= 4 is 11.6 Å². The molecule has 0 atom stereocenters. The third-order valence-electron chi connectivity index (χ3n) is 3.73. The average Bonchev–Trinajstić information content (AvgIpc) is 2.32. The van der Waals surface area contributed by atoms with Gasteiger partial charge in [-0.3, -0.25) is 9.78 Å². The van der Waals surface area contributed by atoms with Gasteiger partial charge in [0.05, 0.1) is 23.1 Å². The molecular weight excluding hydrogens is 226 g/mol. The van der Waals surface area contributed by atoms with E-state index in [0.717, 1.165) is 18.5 Å². The van der Waals surface area contributed by atoms with Gasteiger partial charge in [0.15, 0.2) is 0 Å². The van der Waals surface area contributed by atoms with E-state index in [4.69, 9.17) is 5.73 Å². The number of nitrogens with one attached hydrogen (secondary N) is 1. The second-order valence-corrected chi connectivity index (χ2v) is 5.48. The van der Waals surface area contributed by atoms with Crippen LogP contribution in [-0.4, -0.2) is 16.4 Å².